The molecule has 4 heteroatoms. The van der Waals surface area contributed by atoms with E-state index in [0.29, 0.717) is 5.92 Å². The summed E-state index contributed by atoms with van der Waals surface area (Å²) in [5.74, 6) is 0.319. The van der Waals surface area contributed by atoms with Gasteiger partial charge >= 0.3 is 0 Å². The fraction of sp³-hybridized carbons (Fsp3) is 0.909. The van der Waals surface area contributed by atoms with Crippen molar-refractivity contribution in [2.75, 3.05) is 19.8 Å². The molecule has 0 aliphatic carbocycles. The molecule has 0 bridgehead atoms. The highest BCUT2D eigenvalue weighted by molar-refractivity contribution is 5.77. The third-order valence-corrected chi connectivity index (χ3v) is 3.57. The van der Waals surface area contributed by atoms with Crippen LogP contribution in [0.5, 0.6) is 0 Å². The normalized spacial score (nSPS) is 37.5. The Morgan fingerprint density at radius 2 is 2.20 bits per heavy atom. The minimum absolute atomic E-state index is 0.00505. The number of hydrogen-bond acceptors (Lipinski definition) is 3. The number of piperidine rings is 1. The van der Waals surface area contributed by atoms with Crippen LogP contribution in [-0.4, -0.2) is 31.7 Å². The van der Waals surface area contributed by atoms with E-state index < -0.39 is 0 Å². The summed E-state index contributed by atoms with van der Waals surface area (Å²) in [5, 5.41) is 3.44. The summed E-state index contributed by atoms with van der Waals surface area (Å²) in [6.07, 6.45) is 4.25. The van der Waals surface area contributed by atoms with Crippen LogP contribution in [-0.2, 0) is 9.53 Å². The lowest BCUT2D eigenvalue weighted by molar-refractivity contribution is -0.124. The van der Waals surface area contributed by atoms with Crippen molar-refractivity contribution >= 4 is 5.91 Å². The quantitative estimate of drug-likeness (QED) is 0.690. The first kappa shape index (κ1) is 10.9. The lowest BCUT2D eigenvalue weighted by Crippen LogP contribution is -2.52. The van der Waals surface area contributed by atoms with E-state index in [1.54, 1.807) is 0 Å². The van der Waals surface area contributed by atoms with Gasteiger partial charge in [-0.3, -0.25) is 4.79 Å². The largest absolute Gasteiger partial charge is 0.381 e. The van der Waals surface area contributed by atoms with Crippen molar-refractivity contribution in [2.24, 2.45) is 17.6 Å². The molecule has 3 atom stereocenters. The molecule has 3 unspecified atom stereocenters. The highest BCUT2D eigenvalue weighted by Gasteiger charge is 2.35. The molecule has 0 aromatic heterocycles. The number of rotatable bonds is 2. The van der Waals surface area contributed by atoms with E-state index in [4.69, 9.17) is 10.5 Å². The Morgan fingerprint density at radius 1 is 1.33 bits per heavy atom. The number of ether oxygens (including phenoxy) is 1. The predicted octanol–water partition coefficient (Wildman–Crippen LogP) is 0.266. The highest BCUT2D eigenvalue weighted by Crippen LogP contribution is 2.27. The molecule has 4 nitrogen and oxygen atoms in total. The number of primary amides is 1. The summed E-state index contributed by atoms with van der Waals surface area (Å²) in [6, 6.07) is 0.247. The number of nitrogens with one attached hydrogen (secondary N) is 1. The van der Waals surface area contributed by atoms with Gasteiger partial charge in [0.15, 0.2) is 0 Å². The third-order valence-electron chi connectivity index (χ3n) is 3.57. The monoisotopic (exact) mass is 212 g/mol. The van der Waals surface area contributed by atoms with Gasteiger partial charge in [0.05, 0.1) is 12.5 Å². The van der Waals surface area contributed by atoms with Crippen LogP contribution >= 0.6 is 0 Å². The van der Waals surface area contributed by atoms with E-state index in [1.165, 1.54) is 0 Å². The topological polar surface area (TPSA) is 64.4 Å². The Hall–Kier alpha value is -0.610. The van der Waals surface area contributed by atoms with Gasteiger partial charge in [0, 0.05) is 12.6 Å². The van der Waals surface area contributed by atoms with Crippen LogP contribution in [0.1, 0.15) is 25.7 Å². The van der Waals surface area contributed by atoms with Crippen LogP contribution in [0.2, 0.25) is 0 Å². The Kier molecular flexibility index (Phi) is 3.59. The molecule has 15 heavy (non-hydrogen) atoms. The molecule has 2 aliphatic rings. The second kappa shape index (κ2) is 4.94. The maximum Gasteiger partial charge on any atom is 0.222 e. The minimum Gasteiger partial charge on any atom is -0.381 e. The predicted molar refractivity (Wildman–Crippen MR) is 57.3 cm³/mol. The van der Waals surface area contributed by atoms with Gasteiger partial charge in [0.25, 0.3) is 0 Å². The van der Waals surface area contributed by atoms with Gasteiger partial charge in [-0.05, 0) is 38.1 Å². The summed E-state index contributed by atoms with van der Waals surface area (Å²) in [5.41, 5.74) is 5.44. The first-order chi connectivity index (χ1) is 7.29. The molecule has 2 rings (SSSR count). The number of nitrogens with two attached hydrogens (primary N) is 1. The number of carbonyl (C=O) groups is 1. The van der Waals surface area contributed by atoms with Gasteiger partial charge in [-0.1, -0.05) is 0 Å². The molecule has 0 spiro atoms. The summed E-state index contributed by atoms with van der Waals surface area (Å²) in [4.78, 5) is 11.3. The van der Waals surface area contributed by atoms with Crippen molar-refractivity contribution in [2.45, 2.75) is 31.7 Å². The number of amides is 1. The molecule has 1 amide bonds. The molecular formula is C11H20N2O2. The van der Waals surface area contributed by atoms with Crippen molar-refractivity contribution in [3.05, 3.63) is 0 Å². The molecule has 0 radical (unpaired) electrons. The Bertz CT molecular complexity index is 227. The number of hydrogen-bond donors (Lipinski definition) is 2. The van der Waals surface area contributed by atoms with E-state index in [-0.39, 0.29) is 17.9 Å². The average Bonchev–Trinajstić information content (AvgIpc) is 2.30. The molecule has 3 N–H and O–H groups in total. The fourth-order valence-electron chi connectivity index (χ4n) is 2.78. The first-order valence-electron chi connectivity index (χ1n) is 5.89. The van der Waals surface area contributed by atoms with E-state index in [1.807, 2.05) is 0 Å². The smallest absolute Gasteiger partial charge is 0.222 e. The summed E-state index contributed by atoms with van der Waals surface area (Å²) < 4.78 is 5.47. The zero-order chi connectivity index (χ0) is 10.7. The second-order valence-corrected chi connectivity index (χ2v) is 4.61. The zero-order valence-electron chi connectivity index (χ0n) is 9.08. The van der Waals surface area contributed by atoms with Crippen LogP contribution in [0.3, 0.4) is 0 Å². The number of carbonyl (C=O) groups excluding carboxylic acids is 1. The molecule has 2 fully saturated rings. The van der Waals surface area contributed by atoms with Crippen molar-refractivity contribution < 1.29 is 9.53 Å². The van der Waals surface area contributed by atoms with Crippen molar-refractivity contribution in [3.63, 3.8) is 0 Å². The molecule has 0 aromatic carbocycles. The van der Waals surface area contributed by atoms with E-state index in [2.05, 4.69) is 5.32 Å². The summed E-state index contributed by atoms with van der Waals surface area (Å²) in [6.45, 7) is 2.65. The van der Waals surface area contributed by atoms with Crippen LogP contribution in [0.25, 0.3) is 0 Å². The van der Waals surface area contributed by atoms with Gasteiger partial charge in [0.1, 0.15) is 0 Å². The van der Waals surface area contributed by atoms with Crippen molar-refractivity contribution in [1.29, 1.82) is 0 Å². The van der Waals surface area contributed by atoms with Crippen LogP contribution in [0.4, 0.5) is 0 Å². The Balaban J connectivity index is 1.99. The molecular weight excluding hydrogens is 192 g/mol. The van der Waals surface area contributed by atoms with Crippen LogP contribution in [0.15, 0.2) is 0 Å². The van der Waals surface area contributed by atoms with E-state index in [9.17, 15) is 4.79 Å². The van der Waals surface area contributed by atoms with Gasteiger partial charge < -0.3 is 15.8 Å². The highest BCUT2D eigenvalue weighted by atomic mass is 16.5. The summed E-state index contributed by atoms with van der Waals surface area (Å²) in [7, 11) is 0. The fourth-order valence-corrected chi connectivity index (χ4v) is 2.78. The van der Waals surface area contributed by atoms with E-state index in [0.717, 1.165) is 45.4 Å². The van der Waals surface area contributed by atoms with Crippen molar-refractivity contribution in [1.82, 2.24) is 5.32 Å². The second-order valence-electron chi connectivity index (χ2n) is 4.61. The Morgan fingerprint density at radius 3 is 2.87 bits per heavy atom. The van der Waals surface area contributed by atoms with E-state index >= 15 is 0 Å². The average molecular weight is 212 g/mol. The molecule has 0 aromatic rings. The lowest BCUT2D eigenvalue weighted by atomic mass is 9.80. The Labute approximate surface area is 90.5 Å². The van der Waals surface area contributed by atoms with Gasteiger partial charge in [0.2, 0.25) is 5.91 Å². The lowest BCUT2D eigenvalue weighted by Gasteiger charge is -2.38. The molecule has 0 saturated carbocycles. The molecule has 2 saturated heterocycles. The molecule has 2 aliphatic heterocycles. The summed E-state index contributed by atoms with van der Waals surface area (Å²) >= 11 is 0. The maximum absolute atomic E-state index is 11.3. The minimum atomic E-state index is -0.155. The third kappa shape index (κ3) is 2.49. The van der Waals surface area contributed by atoms with Crippen molar-refractivity contribution in [3.8, 4) is 0 Å². The van der Waals surface area contributed by atoms with Gasteiger partial charge in [-0.2, -0.15) is 0 Å². The maximum atomic E-state index is 11.3. The SMILES string of the molecule is NC(=O)C1CCCNC1C1CCCOC1. The standard InChI is InChI=1S/C11H20N2O2/c12-11(14)9-4-1-5-13-10(9)8-3-2-6-15-7-8/h8-10,13H,1-7H2,(H2,12,14). The molecule has 2 heterocycles. The van der Waals surface area contributed by atoms with Crippen LogP contribution < -0.4 is 11.1 Å². The molecule has 86 valence electrons. The van der Waals surface area contributed by atoms with Crippen LogP contribution in [0, 0.1) is 11.8 Å². The van der Waals surface area contributed by atoms with Gasteiger partial charge in [-0.25, -0.2) is 0 Å². The zero-order valence-corrected chi connectivity index (χ0v) is 9.08. The van der Waals surface area contributed by atoms with Gasteiger partial charge in [-0.15, -0.1) is 0 Å². The first-order valence-corrected chi connectivity index (χ1v) is 5.89.